The van der Waals surface area contributed by atoms with Crippen molar-refractivity contribution in [1.82, 2.24) is 0 Å². The Morgan fingerprint density at radius 1 is 0.743 bits per heavy atom. The van der Waals surface area contributed by atoms with Crippen LogP contribution in [0.2, 0.25) is 0 Å². The molecule has 0 aliphatic rings. The fourth-order valence-corrected chi connectivity index (χ4v) is 3.66. The first-order valence-corrected chi connectivity index (χ1v) is 13.4. The van der Waals surface area contributed by atoms with Crippen molar-refractivity contribution in [2.45, 2.75) is 118 Å². The molecule has 6 nitrogen and oxygen atoms in total. The molecule has 1 aromatic carbocycles. The molecule has 0 aliphatic heterocycles. The predicted molar refractivity (Wildman–Crippen MR) is 138 cm³/mol. The van der Waals surface area contributed by atoms with Crippen LogP contribution in [0, 0.1) is 11.8 Å². The van der Waals surface area contributed by atoms with Crippen LogP contribution in [0.5, 0.6) is 0 Å². The SMILES string of the molecule is CCCCCCCCCCCC(=O)OC(C(C)C)C(OC(=O)C(C)C)C(=O)OCc1ccccc1. The average Bonchev–Trinajstić information content (AvgIpc) is 2.83. The van der Waals surface area contributed by atoms with Gasteiger partial charge in [0.05, 0.1) is 5.92 Å². The van der Waals surface area contributed by atoms with Gasteiger partial charge in [-0.25, -0.2) is 4.79 Å². The molecule has 2 unspecified atom stereocenters. The first kappa shape index (κ1) is 30.7. The highest BCUT2D eigenvalue weighted by Crippen LogP contribution is 2.20. The van der Waals surface area contributed by atoms with Crippen LogP contribution in [0.3, 0.4) is 0 Å². The molecule has 1 rings (SSSR count). The zero-order valence-corrected chi connectivity index (χ0v) is 22.4. The van der Waals surface area contributed by atoms with Gasteiger partial charge in [0.1, 0.15) is 6.61 Å². The summed E-state index contributed by atoms with van der Waals surface area (Å²) in [7, 11) is 0. The van der Waals surface area contributed by atoms with E-state index >= 15 is 0 Å². The quantitative estimate of drug-likeness (QED) is 0.128. The fourth-order valence-electron chi connectivity index (χ4n) is 3.66. The number of carbonyl (C=O) groups excluding carboxylic acids is 3. The van der Waals surface area contributed by atoms with Gasteiger partial charge in [0, 0.05) is 6.42 Å². The molecule has 2 atom stereocenters. The first-order chi connectivity index (χ1) is 16.8. The van der Waals surface area contributed by atoms with Crippen molar-refractivity contribution < 1.29 is 28.6 Å². The molecule has 0 fully saturated rings. The molecule has 1 aromatic rings. The normalized spacial score (nSPS) is 12.9. The van der Waals surface area contributed by atoms with E-state index in [1.165, 1.54) is 38.5 Å². The summed E-state index contributed by atoms with van der Waals surface area (Å²) < 4.78 is 16.6. The Bertz CT molecular complexity index is 728. The highest BCUT2D eigenvalue weighted by atomic mass is 16.6. The average molecular weight is 491 g/mol. The van der Waals surface area contributed by atoms with Gasteiger partial charge in [-0.15, -0.1) is 0 Å². The fraction of sp³-hybridized carbons (Fsp3) is 0.690. The van der Waals surface area contributed by atoms with Gasteiger partial charge in [-0.3, -0.25) is 9.59 Å². The minimum atomic E-state index is -1.30. The number of carbonyl (C=O) groups is 3. The summed E-state index contributed by atoms with van der Waals surface area (Å²) in [5.41, 5.74) is 0.818. The van der Waals surface area contributed by atoms with Gasteiger partial charge in [0.25, 0.3) is 0 Å². The number of rotatable bonds is 18. The number of esters is 3. The van der Waals surface area contributed by atoms with Gasteiger partial charge in [-0.1, -0.05) is 116 Å². The van der Waals surface area contributed by atoms with Gasteiger partial charge in [-0.2, -0.15) is 0 Å². The second kappa shape index (κ2) is 18.0. The summed E-state index contributed by atoms with van der Waals surface area (Å²) >= 11 is 0. The highest BCUT2D eigenvalue weighted by Gasteiger charge is 2.38. The first-order valence-electron chi connectivity index (χ1n) is 13.4. The smallest absolute Gasteiger partial charge is 0.351 e. The van der Waals surface area contributed by atoms with E-state index in [-0.39, 0.29) is 24.9 Å². The molecule has 35 heavy (non-hydrogen) atoms. The van der Waals surface area contributed by atoms with E-state index in [2.05, 4.69) is 6.92 Å². The molecule has 0 saturated heterocycles. The maximum absolute atomic E-state index is 12.9. The molecule has 0 aliphatic carbocycles. The zero-order valence-electron chi connectivity index (χ0n) is 22.4. The molecular weight excluding hydrogens is 444 g/mol. The number of hydrogen-bond donors (Lipinski definition) is 0. The van der Waals surface area contributed by atoms with E-state index in [0.717, 1.165) is 24.8 Å². The van der Waals surface area contributed by atoms with E-state index < -0.39 is 30.1 Å². The molecule has 0 heterocycles. The second-order valence-corrected chi connectivity index (χ2v) is 9.88. The topological polar surface area (TPSA) is 78.9 Å². The summed E-state index contributed by atoms with van der Waals surface area (Å²) in [5, 5.41) is 0. The molecular formula is C29H46O6. The van der Waals surface area contributed by atoms with Crippen molar-refractivity contribution in [3.63, 3.8) is 0 Å². The lowest BCUT2D eigenvalue weighted by Crippen LogP contribution is -2.45. The van der Waals surface area contributed by atoms with Crippen LogP contribution in [-0.4, -0.2) is 30.1 Å². The van der Waals surface area contributed by atoms with Crippen LogP contribution in [-0.2, 0) is 35.2 Å². The Labute approximate surface area is 212 Å². The lowest BCUT2D eigenvalue weighted by molar-refractivity contribution is -0.188. The van der Waals surface area contributed by atoms with Gasteiger partial charge >= 0.3 is 17.9 Å². The Hall–Kier alpha value is -2.37. The predicted octanol–water partition coefficient (Wildman–Crippen LogP) is 6.79. The number of unbranched alkanes of at least 4 members (excludes halogenated alkanes) is 8. The van der Waals surface area contributed by atoms with Crippen LogP contribution < -0.4 is 0 Å². The van der Waals surface area contributed by atoms with Crippen molar-refractivity contribution in [2.75, 3.05) is 0 Å². The van der Waals surface area contributed by atoms with Crippen LogP contribution in [0.25, 0.3) is 0 Å². The van der Waals surface area contributed by atoms with E-state index in [4.69, 9.17) is 14.2 Å². The number of ether oxygens (including phenoxy) is 3. The Kier molecular flexibility index (Phi) is 15.7. The van der Waals surface area contributed by atoms with Gasteiger partial charge < -0.3 is 14.2 Å². The summed E-state index contributed by atoms with van der Waals surface area (Å²) in [6.45, 7) is 9.30. The van der Waals surface area contributed by atoms with Gasteiger partial charge in [0.15, 0.2) is 6.10 Å². The Balaban J connectivity index is 2.63. The maximum Gasteiger partial charge on any atom is 0.351 e. The Morgan fingerprint density at radius 2 is 1.31 bits per heavy atom. The molecule has 0 saturated carbocycles. The maximum atomic E-state index is 12.9. The lowest BCUT2D eigenvalue weighted by Gasteiger charge is -2.28. The second-order valence-electron chi connectivity index (χ2n) is 9.88. The lowest BCUT2D eigenvalue weighted by atomic mass is 10.0. The number of hydrogen-bond acceptors (Lipinski definition) is 6. The zero-order chi connectivity index (χ0) is 26.1. The minimum absolute atomic E-state index is 0.0482. The van der Waals surface area contributed by atoms with Crippen molar-refractivity contribution >= 4 is 17.9 Å². The summed E-state index contributed by atoms with van der Waals surface area (Å²) in [6, 6.07) is 9.26. The molecule has 0 spiro atoms. The van der Waals surface area contributed by atoms with Crippen molar-refractivity contribution in [1.29, 1.82) is 0 Å². The van der Waals surface area contributed by atoms with Crippen molar-refractivity contribution in [3.8, 4) is 0 Å². The molecule has 198 valence electrons. The third-order valence-electron chi connectivity index (χ3n) is 5.88. The van der Waals surface area contributed by atoms with Crippen LogP contribution >= 0.6 is 0 Å². The standard InChI is InChI=1S/C29H46O6/c1-6-7-8-9-10-11-12-13-17-20-25(30)34-26(22(2)3)27(35-28(31)23(4)5)29(32)33-21-24-18-15-14-16-19-24/h14-16,18-19,22-23,26-27H,6-13,17,20-21H2,1-5H3. The molecule has 6 heteroatoms. The van der Waals surface area contributed by atoms with E-state index in [9.17, 15) is 14.4 Å². The van der Waals surface area contributed by atoms with Crippen molar-refractivity contribution in [2.24, 2.45) is 11.8 Å². The van der Waals surface area contributed by atoms with Gasteiger partial charge in [0.2, 0.25) is 6.10 Å². The molecule has 0 radical (unpaired) electrons. The largest absolute Gasteiger partial charge is 0.458 e. The number of benzene rings is 1. The monoisotopic (exact) mass is 490 g/mol. The van der Waals surface area contributed by atoms with Crippen LogP contribution in [0.1, 0.15) is 104 Å². The molecule has 0 aromatic heterocycles. The summed E-state index contributed by atoms with van der Waals surface area (Å²) in [4.78, 5) is 37.8. The van der Waals surface area contributed by atoms with Crippen LogP contribution in [0.4, 0.5) is 0 Å². The van der Waals surface area contributed by atoms with E-state index in [1.807, 2.05) is 44.2 Å². The Morgan fingerprint density at radius 3 is 1.86 bits per heavy atom. The summed E-state index contributed by atoms with van der Waals surface area (Å²) in [5.74, 6) is -2.29. The molecule has 0 amide bonds. The minimum Gasteiger partial charge on any atom is -0.458 e. The third kappa shape index (κ3) is 13.3. The van der Waals surface area contributed by atoms with Crippen LogP contribution in [0.15, 0.2) is 30.3 Å². The van der Waals surface area contributed by atoms with E-state index in [0.29, 0.717) is 0 Å². The van der Waals surface area contributed by atoms with E-state index in [1.54, 1.807) is 13.8 Å². The third-order valence-corrected chi connectivity index (χ3v) is 5.88. The molecule has 0 N–H and O–H groups in total. The molecule has 0 bridgehead atoms. The summed E-state index contributed by atoms with van der Waals surface area (Å²) in [6.07, 6.45) is 8.45. The van der Waals surface area contributed by atoms with Crippen molar-refractivity contribution in [3.05, 3.63) is 35.9 Å². The highest BCUT2D eigenvalue weighted by molar-refractivity contribution is 5.81. The van der Waals surface area contributed by atoms with Gasteiger partial charge in [-0.05, 0) is 17.9 Å².